The van der Waals surface area contributed by atoms with Crippen LogP contribution in [0.3, 0.4) is 0 Å². The van der Waals surface area contributed by atoms with E-state index in [1.54, 1.807) is 11.8 Å². The Morgan fingerprint density at radius 3 is 2.43 bits per heavy atom. The highest BCUT2D eigenvalue weighted by atomic mass is 32.2. The lowest BCUT2D eigenvalue weighted by molar-refractivity contribution is -0.0697. The molecule has 0 aliphatic carbocycles. The van der Waals surface area contributed by atoms with Crippen LogP contribution in [0.4, 0.5) is 13.2 Å². The number of alkyl halides is 3. The molecule has 4 heteroatoms. The summed E-state index contributed by atoms with van der Waals surface area (Å²) in [5, 5.41) is 0. The van der Waals surface area contributed by atoms with Crippen molar-refractivity contribution >= 4 is 11.8 Å². The molecule has 0 aromatic rings. The van der Waals surface area contributed by atoms with Gasteiger partial charge in [-0.05, 0) is 31.3 Å². The summed E-state index contributed by atoms with van der Waals surface area (Å²) in [4.78, 5) is 0. The topological polar surface area (TPSA) is 0 Å². The van der Waals surface area contributed by atoms with Gasteiger partial charge in [-0.1, -0.05) is 12.3 Å². The van der Waals surface area contributed by atoms with Gasteiger partial charge in [0.2, 0.25) is 0 Å². The maximum absolute atomic E-state index is 11.5. The molecule has 0 saturated carbocycles. The molecule has 0 aromatic carbocycles. The van der Waals surface area contributed by atoms with E-state index in [1.165, 1.54) is 5.92 Å². The molecular formula is C10H14F3S. The van der Waals surface area contributed by atoms with Gasteiger partial charge in [-0.15, -0.1) is 0 Å². The first kappa shape index (κ1) is 13.7. The second-order valence-corrected chi connectivity index (χ2v) is 3.95. The van der Waals surface area contributed by atoms with E-state index in [0.29, 0.717) is 6.42 Å². The van der Waals surface area contributed by atoms with Crippen molar-refractivity contribution in [1.29, 1.82) is 0 Å². The summed E-state index contributed by atoms with van der Waals surface area (Å²) >= 11 is 1.75. The zero-order valence-electron chi connectivity index (χ0n) is 7.99. The van der Waals surface area contributed by atoms with Gasteiger partial charge in [-0.3, -0.25) is 0 Å². The molecule has 0 unspecified atom stereocenters. The monoisotopic (exact) mass is 223 g/mol. The van der Waals surface area contributed by atoms with Crippen LogP contribution in [0, 0.1) is 18.8 Å². The molecule has 1 radical (unpaired) electrons. The number of halogens is 3. The van der Waals surface area contributed by atoms with Crippen LogP contribution in [0.5, 0.6) is 0 Å². The maximum Gasteiger partial charge on any atom is 0.457 e. The van der Waals surface area contributed by atoms with Gasteiger partial charge in [0.05, 0.1) is 0 Å². The molecule has 0 atom stereocenters. The van der Waals surface area contributed by atoms with Crippen molar-refractivity contribution in [2.24, 2.45) is 0 Å². The predicted molar refractivity (Wildman–Crippen MR) is 55.0 cm³/mol. The van der Waals surface area contributed by atoms with Crippen molar-refractivity contribution in [3.63, 3.8) is 0 Å². The van der Waals surface area contributed by atoms with Gasteiger partial charge in [-0.2, -0.15) is 24.9 Å². The van der Waals surface area contributed by atoms with Crippen LogP contribution >= 0.6 is 11.8 Å². The SMILES string of the molecule is [CH2]CSCCCCCC#CC(F)(F)F. The Morgan fingerprint density at radius 2 is 1.86 bits per heavy atom. The third-order valence-electron chi connectivity index (χ3n) is 1.46. The summed E-state index contributed by atoms with van der Waals surface area (Å²) in [6, 6.07) is 0. The lowest BCUT2D eigenvalue weighted by Gasteiger charge is -1.97. The van der Waals surface area contributed by atoms with Crippen molar-refractivity contribution in [2.75, 3.05) is 11.5 Å². The molecule has 0 spiro atoms. The molecular weight excluding hydrogens is 209 g/mol. The van der Waals surface area contributed by atoms with E-state index in [-0.39, 0.29) is 0 Å². The van der Waals surface area contributed by atoms with Crippen LogP contribution < -0.4 is 0 Å². The number of rotatable bonds is 6. The maximum atomic E-state index is 11.5. The number of hydrogen-bond acceptors (Lipinski definition) is 1. The summed E-state index contributed by atoms with van der Waals surface area (Å²) in [6.07, 6.45) is -1.26. The number of unbranched alkanes of at least 4 members (excludes halogenated alkanes) is 3. The molecule has 0 aromatic heterocycles. The van der Waals surface area contributed by atoms with Crippen molar-refractivity contribution in [3.05, 3.63) is 6.92 Å². The smallest absolute Gasteiger partial charge is 0.162 e. The Hall–Kier alpha value is -0.300. The Balaban J connectivity index is 3.24. The standard InChI is InChI=1S/C10H14F3S/c1-2-14-9-7-5-3-4-6-8-10(11,12)13/h1-5,7,9H2. The van der Waals surface area contributed by atoms with E-state index >= 15 is 0 Å². The fourth-order valence-corrected chi connectivity index (χ4v) is 1.47. The van der Waals surface area contributed by atoms with Crippen molar-refractivity contribution in [1.82, 2.24) is 0 Å². The average molecular weight is 223 g/mol. The predicted octanol–water partition coefficient (Wildman–Crippen LogP) is 3.68. The summed E-state index contributed by atoms with van der Waals surface area (Å²) in [5.74, 6) is 5.27. The average Bonchev–Trinajstić information content (AvgIpc) is 2.08. The molecule has 0 N–H and O–H groups in total. The molecule has 0 aliphatic heterocycles. The normalized spacial score (nSPS) is 10.9. The molecule has 81 valence electrons. The fourth-order valence-electron chi connectivity index (χ4n) is 0.859. The first-order valence-electron chi connectivity index (χ1n) is 4.50. The Kier molecular flexibility index (Phi) is 7.87. The second-order valence-electron chi connectivity index (χ2n) is 2.72. The molecule has 0 bridgehead atoms. The van der Waals surface area contributed by atoms with E-state index in [0.717, 1.165) is 30.8 Å². The Bertz CT molecular complexity index is 188. The summed E-state index contributed by atoms with van der Waals surface area (Å²) in [7, 11) is 0. The van der Waals surface area contributed by atoms with Gasteiger partial charge >= 0.3 is 6.18 Å². The Morgan fingerprint density at radius 1 is 1.14 bits per heavy atom. The van der Waals surface area contributed by atoms with Crippen molar-refractivity contribution < 1.29 is 13.2 Å². The fraction of sp³-hybridized carbons (Fsp3) is 0.700. The quantitative estimate of drug-likeness (QED) is 0.489. The Labute approximate surface area is 87.6 Å². The summed E-state index contributed by atoms with van der Waals surface area (Å²) in [5.41, 5.74) is 0. The second kappa shape index (κ2) is 8.05. The van der Waals surface area contributed by atoms with Crippen LogP contribution in [0.15, 0.2) is 0 Å². The first-order chi connectivity index (χ1) is 6.56. The van der Waals surface area contributed by atoms with Crippen LogP contribution in [0.1, 0.15) is 25.7 Å². The summed E-state index contributed by atoms with van der Waals surface area (Å²) < 4.78 is 34.6. The molecule has 0 aliphatic rings. The zero-order chi connectivity index (χ0) is 10.9. The first-order valence-corrected chi connectivity index (χ1v) is 5.65. The van der Waals surface area contributed by atoms with Gasteiger partial charge in [0.25, 0.3) is 0 Å². The molecule has 0 nitrogen and oxygen atoms in total. The van der Waals surface area contributed by atoms with Gasteiger partial charge in [0, 0.05) is 12.3 Å². The third-order valence-corrected chi connectivity index (χ3v) is 2.33. The highest BCUT2D eigenvalue weighted by Gasteiger charge is 2.22. The molecule has 0 fully saturated rings. The van der Waals surface area contributed by atoms with E-state index < -0.39 is 6.18 Å². The minimum absolute atomic E-state index is 0.342. The van der Waals surface area contributed by atoms with Crippen LogP contribution in [0.2, 0.25) is 0 Å². The van der Waals surface area contributed by atoms with Gasteiger partial charge in [-0.25, -0.2) is 0 Å². The van der Waals surface area contributed by atoms with Gasteiger partial charge < -0.3 is 0 Å². The van der Waals surface area contributed by atoms with Crippen LogP contribution in [-0.2, 0) is 0 Å². The highest BCUT2D eigenvalue weighted by Crippen LogP contribution is 2.12. The van der Waals surface area contributed by atoms with Gasteiger partial charge in [0.15, 0.2) is 0 Å². The minimum Gasteiger partial charge on any atom is -0.162 e. The molecule has 0 rings (SSSR count). The molecule has 0 heterocycles. The van der Waals surface area contributed by atoms with Crippen molar-refractivity contribution in [2.45, 2.75) is 31.9 Å². The lowest BCUT2D eigenvalue weighted by atomic mass is 10.2. The summed E-state index contributed by atoms with van der Waals surface area (Å²) in [6.45, 7) is 3.68. The number of thioether (sulfide) groups is 1. The molecule has 0 amide bonds. The lowest BCUT2D eigenvalue weighted by Crippen LogP contribution is -2.01. The van der Waals surface area contributed by atoms with Gasteiger partial charge in [0.1, 0.15) is 0 Å². The van der Waals surface area contributed by atoms with Crippen LogP contribution in [-0.4, -0.2) is 17.7 Å². The van der Waals surface area contributed by atoms with Crippen LogP contribution in [0.25, 0.3) is 0 Å². The largest absolute Gasteiger partial charge is 0.457 e. The molecule has 0 saturated heterocycles. The highest BCUT2D eigenvalue weighted by molar-refractivity contribution is 7.99. The van der Waals surface area contributed by atoms with E-state index in [1.807, 2.05) is 0 Å². The molecule has 14 heavy (non-hydrogen) atoms. The zero-order valence-corrected chi connectivity index (χ0v) is 8.81. The van der Waals surface area contributed by atoms with E-state index in [4.69, 9.17) is 0 Å². The van der Waals surface area contributed by atoms with E-state index in [9.17, 15) is 13.2 Å². The van der Waals surface area contributed by atoms with E-state index in [2.05, 4.69) is 12.8 Å². The minimum atomic E-state index is -4.33. The van der Waals surface area contributed by atoms with Crippen molar-refractivity contribution in [3.8, 4) is 11.8 Å². The third kappa shape index (κ3) is 11.7. The number of hydrogen-bond donors (Lipinski definition) is 0.